The molecule has 0 saturated carbocycles. The summed E-state index contributed by atoms with van der Waals surface area (Å²) in [5.74, 6) is 0. The van der Waals surface area contributed by atoms with Crippen molar-refractivity contribution in [2.24, 2.45) is 5.41 Å². The summed E-state index contributed by atoms with van der Waals surface area (Å²) in [5.41, 5.74) is 3.15. The first kappa shape index (κ1) is 7.93. The molecule has 0 fully saturated rings. The number of thiocarbonyl (C=S) groups is 1. The largest absolute Gasteiger partial charge is 0.0846 e. The molecule has 0 spiro atoms. The molecular weight excluding hydrogens is 140 g/mol. The predicted molar refractivity (Wildman–Crippen MR) is 49.4 cm³/mol. The second-order valence-electron chi connectivity index (χ2n) is 3.73. The smallest absolute Gasteiger partial charge is 0.0189 e. The molecule has 0 aromatic heterocycles. The van der Waals surface area contributed by atoms with E-state index in [0.29, 0.717) is 5.41 Å². The molecule has 1 rings (SSSR count). The standard InChI is InChI=1S/C9H14S/c1-6-7(2)9(3,4)5-8(6)10/h5H2,1-4H3. The van der Waals surface area contributed by atoms with Crippen molar-refractivity contribution >= 4 is 17.1 Å². The molecule has 0 heterocycles. The summed E-state index contributed by atoms with van der Waals surface area (Å²) >= 11 is 5.21. The number of allylic oxidation sites excluding steroid dienone is 2. The van der Waals surface area contributed by atoms with Gasteiger partial charge in [-0.05, 0) is 31.3 Å². The fourth-order valence-corrected chi connectivity index (χ4v) is 1.90. The van der Waals surface area contributed by atoms with Crippen molar-refractivity contribution in [2.45, 2.75) is 34.1 Å². The summed E-state index contributed by atoms with van der Waals surface area (Å²) in [6, 6.07) is 0. The molecule has 0 radical (unpaired) electrons. The fourth-order valence-electron chi connectivity index (χ4n) is 1.38. The Labute approximate surface area is 68.3 Å². The van der Waals surface area contributed by atoms with E-state index >= 15 is 0 Å². The zero-order valence-electron chi connectivity index (χ0n) is 7.12. The molecule has 1 aliphatic carbocycles. The minimum absolute atomic E-state index is 0.334. The van der Waals surface area contributed by atoms with Gasteiger partial charge in [0.05, 0.1) is 0 Å². The second-order valence-corrected chi connectivity index (χ2v) is 4.23. The summed E-state index contributed by atoms with van der Waals surface area (Å²) in [7, 11) is 0. The van der Waals surface area contributed by atoms with Gasteiger partial charge >= 0.3 is 0 Å². The molecule has 0 saturated heterocycles. The van der Waals surface area contributed by atoms with Crippen molar-refractivity contribution in [1.82, 2.24) is 0 Å². The minimum atomic E-state index is 0.334. The lowest BCUT2D eigenvalue weighted by Crippen LogP contribution is -2.08. The third kappa shape index (κ3) is 1.03. The number of hydrogen-bond donors (Lipinski definition) is 0. The van der Waals surface area contributed by atoms with Crippen LogP contribution >= 0.6 is 12.2 Å². The van der Waals surface area contributed by atoms with Gasteiger partial charge in [0.25, 0.3) is 0 Å². The first-order chi connectivity index (χ1) is 4.45. The topological polar surface area (TPSA) is 0 Å². The third-order valence-electron chi connectivity index (χ3n) is 2.60. The summed E-state index contributed by atoms with van der Waals surface area (Å²) < 4.78 is 0. The molecule has 0 amide bonds. The Hall–Kier alpha value is -0.170. The molecule has 56 valence electrons. The number of hydrogen-bond acceptors (Lipinski definition) is 1. The lowest BCUT2D eigenvalue weighted by atomic mass is 9.86. The van der Waals surface area contributed by atoms with Crippen LogP contribution in [0.2, 0.25) is 0 Å². The summed E-state index contributed by atoms with van der Waals surface area (Å²) in [4.78, 5) is 1.16. The minimum Gasteiger partial charge on any atom is -0.0846 e. The van der Waals surface area contributed by atoms with Gasteiger partial charge in [-0.3, -0.25) is 0 Å². The Balaban J connectivity index is 3.06. The van der Waals surface area contributed by atoms with Gasteiger partial charge in [-0.1, -0.05) is 31.6 Å². The van der Waals surface area contributed by atoms with Gasteiger partial charge in [0.1, 0.15) is 0 Å². The van der Waals surface area contributed by atoms with E-state index in [1.54, 1.807) is 0 Å². The summed E-state index contributed by atoms with van der Waals surface area (Å²) in [5, 5.41) is 0. The van der Waals surface area contributed by atoms with Gasteiger partial charge in [-0.25, -0.2) is 0 Å². The Morgan fingerprint density at radius 3 is 1.90 bits per heavy atom. The molecule has 1 heteroatoms. The van der Waals surface area contributed by atoms with E-state index < -0.39 is 0 Å². The van der Waals surface area contributed by atoms with Gasteiger partial charge in [0.15, 0.2) is 0 Å². The average Bonchev–Trinajstić information content (AvgIpc) is 1.95. The van der Waals surface area contributed by atoms with Crippen molar-refractivity contribution < 1.29 is 0 Å². The Bertz CT molecular complexity index is 209. The molecular formula is C9H14S. The van der Waals surface area contributed by atoms with Crippen LogP contribution in [0, 0.1) is 5.41 Å². The highest BCUT2D eigenvalue weighted by atomic mass is 32.1. The summed E-state index contributed by atoms with van der Waals surface area (Å²) in [6.07, 6.45) is 1.07. The molecule has 0 N–H and O–H groups in total. The lowest BCUT2D eigenvalue weighted by molar-refractivity contribution is 0.483. The van der Waals surface area contributed by atoms with Gasteiger partial charge in [-0.15, -0.1) is 0 Å². The summed E-state index contributed by atoms with van der Waals surface area (Å²) in [6.45, 7) is 8.83. The molecule has 0 bridgehead atoms. The Morgan fingerprint density at radius 1 is 1.30 bits per heavy atom. The van der Waals surface area contributed by atoms with E-state index in [1.807, 2.05) is 0 Å². The van der Waals surface area contributed by atoms with Crippen LogP contribution in [0.3, 0.4) is 0 Å². The van der Waals surface area contributed by atoms with Crippen LogP contribution in [0.5, 0.6) is 0 Å². The van der Waals surface area contributed by atoms with Crippen molar-refractivity contribution in [2.75, 3.05) is 0 Å². The van der Waals surface area contributed by atoms with Crippen LogP contribution in [-0.2, 0) is 0 Å². The van der Waals surface area contributed by atoms with E-state index in [1.165, 1.54) is 11.1 Å². The second kappa shape index (κ2) is 2.16. The normalized spacial score (nSPS) is 24.2. The molecule has 0 aliphatic heterocycles. The van der Waals surface area contributed by atoms with Crippen molar-refractivity contribution in [3.63, 3.8) is 0 Å². The average molecular weight is 154 g/mol. The molecule has 0 aromatic carbocycles. The molecule has 1 aliphatic rings. The van der Waals surface area contributed by atoms with E-state index in [4.69, 9.17) is 12.2 Å². The van der Waals surface area contributed by atoms with Crippen molar-refractivity contribution in [3.8, 4) is 0 Å². The van der Waals surface area contributed by atoms with Crippen LogP contribution in [-0.4, -0.2) is 4.86 Å². The predicted octanol–water partition coefficient (Wildman–Crippen LogP) is 3.12. The van der Waals surface area contributed by atoms with Crippen LogP contribution in [0.4, 0.5) is 0 Å². The lowest BCUT2D eigenvalue weighted by Gasteiger charge is -2.18. The molecule has 0 aromatic rings. The van der Waals surface area contributed by atoms with E-state index in [-0.39, 0.29) is 0 Å². The quantitative estimate of drug-likeness (QED) is 0.483. The molecule has 0 atom stereocenters. The monoisotopic (exact) mass is 154 g/mol. The molecule has 0 unspecified atom stereocenters. The highest BCUT2D eigenvalue weighted by molar-refractivity contribution is 7.80. The Morgan fingerprint density at radius 2 is 1.80 bits per heavy atom. The van der Waals surface area contributed by atoms with Crippen LogP contribution in [0.15, 0.2) is 11.1 Å². The number of rotatable bonds is 0. The van der Waals surface area contributed by atoms with Gasteiger partial charge in [0.2, 0.25) is 0 Å². The van der Waals surface area contributed by atoms with E-state index in [2.05, 4.69) is 27.7 Å². The van der Waals surface area contributed by atoms with Gasteiger partial charge in [-0.2, -0.15) is 0 Å². The maximum atomic E-state index is 5.21. The first-order valence-electron chi connectivity index (χ1n) is 3.66. The van der Waals surface area contributed by atoms with Gasteiger partial charge < -0.3 is 0 Å². The van der Waals surface area contributed by atoms with E-state index in [0.717, 1.165) is 11.3 Å². The van der Waals surface area contributed by atoms with Crippen LogP contribution < -0.4 is 0 Å². The van der Waals surface area contributed by atoms with Gasteiger partial charge in [0, 0.05) is 4.86 Å². The maximum Gasteiger partial charge on any atom is 0.0189 e. The van der Waals surface area contributed by atoms with Crippen molar-refractivity contribution in [1.29, 1.82) is 0 Å². The SMILES string of the molecule is CC1=C(C)C(C)(C)CC1=S. The zero-order valence-corrected chi connectivity index (χ0v) is 7.93. The maximum absolute atomic E-state index is 5.21. The van der Waals surface area contributed by atoms with Crippen LogP contribution in [0.1, 0.15) is 34.1 Å². The first-order valence-corrected chi connectivity index (χ1v) is 4.07. The third-order valence-corrected chi connectivity index (χ3v) is 3.05. The molecule has 10 heavy (non-hydrogen) atoms. The fraction of sp³-hybridized carbons (Fsp3) is 0.667. The highest BCUT2D eigenvalue weighted by Crippen LogP contribution is 2.40. The van der Waals surface area contributed by atoms with E-state index in [9.17, 15) is 0 Å². The zero-order chi connectivity index (χ0) is 7.94. The van der Waals surface area contributed by atoms with Crippen molar-refractivity contribution in [3.05, 3.63) is 11.1 Å². The molecule has 0 nitrogen and oxygen atoms in total. The highest BCUT2D eigenvalue weighted by Gasteiger charge is 2.30. The van der Waals surface area contributed by atoms with Crippen LogP contribution in [0.25, 0.3) is 0 Å². The Kier molecular flexibility index (Phi) is 1.71.